The molecule has 0 bridgehead atoms. The van der Waals surface area contributed by atoms with Crippen LogP contribution in [0.1, 0.15) is 22.3 Å². The zero-order valence-electron chi connectivity index (χ0n) is 26.3. The maximum absolute atomic E-state index is 6.96. The molecule has 1 aromatic heterocycles. The average molecular weight is 629 g/mol. The second-order valence-electron chi connectivity index (χ2n) is 12.5. The van der Waals surface area contributed by atoms with Crippen LogP contribution in [-0.4, -0.2) is 15.0 Å². The fraction of sp³-hybridized carbons (Fsp3) is 0.0227. The number of aromatic nitrogens is 3. The van der Waals surface area contributed by atoms with E-state index in [1.54, 1.807) is 0 Å². The fourth-order valence-electron chi connectivity index (χ4n) is 7.91. The minimum absolute atomic E-state index is 0.545. The maximum atomic E-state index is 6.96. The van der Waals surface area contributed by atoms with Gasteiger partial charge in [0.2, 0.25) is 0 Å². The summed E-state index contributed by atoms with van der Waals surface area (Å²) < 4.78 is 6.96. The summed E-state index contributed by atoms with van der Waals surface area (Å²) in [5.41, 5.74) is 16.4. The Bertz CT molecular complexity index is 2540. The lowest BCUT2D eigenvalue weighted by Gasteiger charge is -2.40. The molecule has 0 saturated carbocycles. The first-order valence-corrected chi connectivity index (χ1v) is 16.4. The van der Waals surface area contributed by atoms with Gasteiger partial charge in [0.05, 0.1) is 11.0 Å². The molecule has 0 amide bonds. The van der Waals surface area contributed by atoms with Gasteiger partial charge in [-0.05, 0) is 45.8 Å². The molecule has 2 aliphatic rings. The summed E-state index contributed by atoms with van der Waals surface area (Å²) in [5, 5.41) is 2.19. The van der Waals surface area contributed by atoms with Crippen molar-refractivity contribution < 1.29 is 4.74 Å². The number of nitrogens with zero attached hydrogens (tertiary/aromatic N) is 3. The number of ether oxygens (including phenoxy) is 1. The van der Waals surface area contributed by atoms with Gasteiger partial charge in [-0.1, -0.05) is 140 Å². The summed E-state index contributed by atoms with van der Waals surface area (Å²) in [5.74, 6) is 3.26. The normalized spacial score (nSPS) is 15.3. The van der Waals surface area contributed by atoms with E-state index in [0.717, 1.165) is 61.3 Å². The van der Waals surface area contributed by atoms with Crippen molar-refractivity contribution in [2.24, 2.45) is 0 Å². The SMILES string of the molecule is Nc1cc2c(c3ccccc13)-c1ccccc1C21c2ccccc2Oc2c(-c3nc(-c4ccccc4)nc(-c4ccccc4)n3)cccc21. The van der Waals surface area contributed by atoms with Gasteiger partial charge < -0.3 is 10.5 Å². The van der Waals surface area contributed by atoms with Gasteiger partial charge >= 0.3 is 0 Å². The molecule has 10 rings (SSSR count). The summed E-state index contributed by atoms with van der Waals surface area (Å²) in [6, 6.07) is 54.1. The lowest BCUT2D eigenvalue weighted by atomic mass is 9.65. The number of hydrogen-bond acceptors (Lipinski definition) is 5. The van der Waals surface area contributed by atoms with E-state index >= 15 is 0 Å². The van der Waals surface area contributed by atoms with Crippen molar-refractivity contribution in [2.45, 2.75) is 5.41 Å². The van der Waals surface area contributed by atoms with Crippen LogP contribution in [0, 0.1) is 0 Å². The monoisotopic (exact) mass is 628 g/mol. The third-order valence-electron chi connectivity index (χ3n) is 9.94. The van der Waals surface area contributed by atoms with Crippen molar-refractivity contribution in [1.29, 1.82) is 0 Å². The predicted octanol–water partition coefficient (Wildman–Crippen LogP) is 10.1. The van der Waals surface area contributed by atoms with E-state index < -0.39 is 5.41 Å². The Kier molecular flexibility index (Phi) is 5.87. The zero-order valence-corrected chi connectivity index (χ0v) is 26.3. The summed E-state index contributed by atoms with van der Waals surface area (Å²) in [4.78, 5) is 15.1. The largest absolute Gasteiger partial charge is 0.456 e. The molecule has 8 aromatic rings. The molecule has 49 heavy (non-hydrogen) atoms. The molecule has 1 atom stereocenters. The predicted molar refractivity (Wildman–Crippen MR) is 195 cm³/mol. The topological polar surface area (TPSA) is 73.9 Å². The molecule has 1 aliphatic heterocycles. The highest BCUT2D eigenvalue weighted by atomic mass is 16.5. The molecule has 0 radical (unpaired) electrons. The lowest BCUT2D eigenvalue weighted by molar-refractivity contribution is 0.438. The first-order valence-electron chi connectivity index (χ1n) is 16.4. The van der Waals surface area contributed by atoms with Crippen molar-refractivity contribution in [2.75, 3.05) is 5.73 Å². The maximum Gasteiger partial charge on any atom is 0.167 e. The number of benzene rings is 7. The molecule has 2 heterocycles. The van der Waals surface area contributed by atoms with Crippen LogP contribution in [0.15, 0.2) is 158 Å². The molecule has 5 nitrogen and oxygen atoms in total. The molecule has 0 saturated heterocycles. The van der Waals surface area contributed by atoms with Crippen molar-refractivity contribution in [3.63, 3.8) is 0 Å². The van der Waals surface area contributed by atoms with Gasteiger partial charge in [-0.3, -0.25) is 0 Å². The summed E-state index contributed by atoms with van der Waals surface area (Å²) in [6.45, 7) is 0. The number of hydrogen-bond donors (Lipinski definition) is 1. The molecule has 2 N–H and O–H groups in total. The van der Waals surface area contributed by atoms with Gasteiger partial charge in [-0.2, -0.15) is 0 Å². The number of nitrogen functional groups attached to an aromatic ring is 1. The van der Waals surface area contributed by atoms with Crippen LogP contribution in [0.25, 0.3) is 56.1 Å². The molecule has 0 fully saturated rings. The molecule has 5 heteroatoms. The number of rotatable bonds is 3. The first kappa shape index (κ1) is 27.5. The van der Waals surface area contributed by atoms with Gasteiger partial charge in [-0.15, -0.1) is 0 Å². The van der Waals surface area contributed by atoms with Gasteiger partial charge in [0, 0.05) is 33.3 Å². The van der Waals surface area contributed by atoms with Gasteiger partial charge in [-0.25, -0.2) is 15.0 Å². The van der Waals surface area contributed by atoms with E-state index in [1.165, 1.54) is 16.7 Å². The smallest absolute Gasteiger partial charge is 0.167 e. The van der Waals surface area contributed by atoms with E-state index in [0.29, 0.717) is 17.5 Å². The molecule has 1 aliphatic carbocycles. The zero-order chi connectivity index (χ0) is 32.5. The first-order chi connectivity index (χ1) is 24.2. The van der Waals surface area contributed by atoms with Gasteiger partial charge in [0.25, 0.3) is 0 Å². The Labute approximate surface area is 283 Å². The second kappa shape index (κ2) is 10.5. The van der Waals surface area contributed by atoms with E-state index in [4.69, 9.17) is 25.4 Å². The number of nitrogens with two attached hydrogens (primary N) is 1. The quantitative estimate of drug-likeness (QED) is 0.197. The standard InChI is InChI=1S/C44H28N4O/c45-37-26-36-39(30-19-8-7-18-29(30)37)31-20-9-10-22-33(31)44(36)34-23-11-12-25-38(34)49-40-32(21-13-24-35(40)44)43-47-41(27-14-3-1-4-15-27)46-42(48-43)28-16-5-2-6-17-28/h1-26H,45H2. The highest BCUT2D eigenvalue weighted by molar-refractivity contribution is 6.09. The minimum atomic E-state index is -0.693. The lowest BCUT2D eigenvalue weighted by Crippen LogP contribution is -2.32. The number of anilines is 1. The molecule has 1 spiro atoms. The third kappa shape index (κ3) is 3.90. The average Bonchev–Trinajstić information content (AvgIpc) is 3.45. The molecular weight excluding hydrogens is 601 g/mol. The summed E-state index contributed by atoms with van der Waals surface area (Å²) in [6.07, 6.45) is 0. The molecule has 230 valence electrons. The van der Waals surface area contributed by atoms with Crippen LogP contribution in [0.2, 0.25) is 0 Å². The summed E-state index contributed by atoms with van der Waals surface area (Å²) >= 11 is 0. The van der Waals surface area contributed by atoms with Crippen molar-refractivity contribution >= 4 is 16.5 Å². The second-order valence-corrected chi connectivity index (χ2v) is 12.5. The van der Waals surface area contributed by atoms with E-state index in [2.05, 4.69) is 91.0 Å². The van der Waals surface area contributed by atoms with E-state index in [9.17, 15) is 0 Å². The molecular formula is C44H28N4O. The van der Waals surface area contributed by atoms with Crippen molar-refractivity contribution in [3.8, 4) is 56.8 Å². The Hall–Kier alpha value is -6.59. The Balaban J connectivity index is 1.30. The summed E-state index contributed by atoms with van der Waals surface area (Å²) in [7, 11) is 0. The Morgan fingerprint density at radius 1 is 0.449 bits per heavy atom. The highest BCUT2D eigenvalue weighted by Crippen LogP contribution is 2.64. The van der Waals surface area contributed by atoms with Gasteiger partial charge in [0.1, 0.15) is 11.5 Å². The van der Waals surface area contributed by atoms with Crippen LogP contribution in [-0.2, 0) is 5.41 Å². The van der Waals surface area contributed by atoms with Crippen LogP contribution in [0.5, 0.6) is 11.5 Å². The molecule has 1 unspecified atom stereocenters. The van der Waals surface area contributed by atoms with Crippen LogP contribution in [0.3, 0.4) is 0 Å². The number of fused-ring (bicyclic) bond motifs is 11. The van der Waals surface area contributed by atoms with Gasteiger partial charge in [0.15, 0.2) is 17.5 Å². The van der Waals surface area contributed by atoms with Crippen LogP contribution < -0.4 is 10.5 Å². The third-order valence-corrected chi connectivity index (χ3v) is 9.94. The van der Waals surface area contributed by atoms with Crippen molar-refractivity contribution in [3.05, 3.63) is 180 Å². The Morgan fingerprint density at radius 2 is 1.00 bits per heavy atom. The van der Waals surface area contributed by atoms with Crippen molar-refractivity contribution in [1.82, 2.24) is 15.0 Å². The molecule has 7 aromatic carbocycles. The Morgan fingerprint density at radius 3 is 1.73 bits per heavy atom. The number of para-hydroxylation sites is 2. The minimum Gasteiger partial charge on any atom is -0.456 e. The highest BCUT2D eigenvalue weighted by Gasteiger charge is 2.52. The van der Waals surface area contributed by atoms with E-state index in [1.807, 2.05) is 66.7 Å². The van der Waals surface area contributed by atoms with Crippen LogP contribution in [0.4, 0.5) is 5.69 Å². The van der Waals surface area contributed by atoms with Crippen LogP contribution >= 0.6 is 0 Å². The van der Waals surface area contributed by atoms with E-state index in [-0.39, 0.29) is 0 Å². The fourth-order valence-corrected chi connectivity index (χ4v) is 7.91.